The molecule has 1 N–H and O–H groups in total. The first-order chi connectivity index (χ1) is 12.4. The molecule has 0 spiro atoms. The molecule has 0 bridgehead atoms. The van der Waals surface area contributed by atoms with Gasteiger partial charge in [-0.2, -0.15) is 0 Å². The second-order valence-corrected chi connectivity index (χ2v) is 6.16. The van der Waals surface area contributed by atoms with Gasteiger partial charge < -0.3 is 14.8 Å². The number of non-ortho nitro benzene ring substituents is 1. The molecular formula is C19H22N2O5. The summed E-state index contributed by atoms with van der Waals surface area (Å²) in [7, 11) is 1.51. The van der Waals surface area contributed by atoms with Crippen LogP contribution in [-0.4, -0.2) is 24.5 Å². The van der Waals surface area contributed by atoms with E-state index in [1.165, 1.54) is 25.3 Å². The highest BCUT2D eigenvalue weighted by molar-refractivity contribution is 6.04. The third-order valence-electron chi connectivity index (χ3n) is 3.69. The molecule has 0 heterocycles. The number of nitro benzene ring substituents is 1. The third-order valence-corrected chi connectivity index (χ3v) is 3.69. The summed E-state index contributed by atoms with van der Waals surface area (Å²) in [5.41, 5.74) is 0.624. The number of anilines is 1. The van der Waals surface area contributed by atoms with Gasteiger partial charge in [-0.05, 0) is 36.6 Å². The highest BCUT2D eigenvalue weighted by Crippen LogP contribution is 2.29. The van der Waals surface area contributed by atoms with Gasteiger partial charge in [-0.25, -0.2) is 0 Å². The summed E-state index contributed by atoms with van der Waals surface area (Å²) in [6, 6.07) is 10.7. The second kappa shape index (κ2) is 8.84. The molecule has 0 aliphatic heterocycles. The number of amides is 1. The van der Waals surface area contributed by atoms with Crippen molar-refractivity contribution in [1.29, 1.82) is 0 Å². The lowest BCUT2D eigenvalue weighted by Gasteiger charge is -2.13. The minimum atomic E-state index is -0.512. The van der Waals surface area contributed by atoms with Crippen LogP contribution in [-0.2, 0) is 0 Å². The topological polar surface area (TPSA) is 90.7 Å². The Morgan fingerprint density at radius 3 is 2.62 bits per heavy atom. The van der Waals surface area contributed by atoms with Crippen LogP contribution in [0.4, 0.5) is 11.4 Å². The molecule has 0 saturated heterocycles. The molecule has 138 valence electrons. The Hall–Kier alpha value is -3.09. The predicted octanol–water partition coefficient (Wildman–Crippen LogP) is 4.28. The Labute approximate surface area is 152 Å². The Bertz CT molecular complexity index is 789. The first-order valence-electron chi connectivity index (χ1n) is 8.27. The van der Waals surface area contributed by atoms with Crippen molar-refractivity contribution in [3.8, 4) is 11.5 Å². The van der Waals surface area contributed by atoms with Gasteiger partial charge in [-0.15, -0.1) is 0 Å². The molecule has 0 radical (unpaired) electrons. The van der Waals surface area contributed by atoms with E-state index in [2.05, 4.69) is 19.2 Å². The number of benzene rings is 2. The molecule has 0 saturated carbocycles. The molecule has 0 aliphatic carbocycles. The van der Waals surface area contributed by atoms with Gasteiger partial charge in [0, 0.05) is 23.4 Å². The molecule has 2 rings (SSSR count). The average molecular weight is 358 g/mol. The van der Waals surface area contributed by atoms with Crippen LogP contribution in [0.25, 0.3) is 0 Å². The number of nitrogens with one attached hydrogen (secondary N) is 1. The summed E-state index contributed by atoms with van der Waals surface area (Å²) in [5.74, 6) is 1.17. The van der Waals surface area contributed by atoms with Crippen molar-refractivity contribution in [3.05, 3.63) is 58.1 Å². The summed E-state index contributed by atoms with van der Waals surface area (Å²) in [5, 5.41) is 13.5. The highest BCUT2D eigenvalue weighted by atomic mass is 16.6. The van der Waals surface area contributed by atoms with E-state index in [0.29, 0.717) is 35.3 Å². The molecule has 7 heteroatoms. The number of carbonyl (C=O) groups excluding carboxylic acids is 1. The van der Waals surface area contributed by atoms with Gasteiger partial charge in [-0.3, -0.25) is 14.9 Å². The van der Waals surface area contributed by atoms with Crippen molar-refractivity contribution >= 4 is 17.3 Å². The van der Waals surface area contributed by atoms with E-state index < -0.39 is 10.8 Å². The van der Waals surface area contributed by atoms with Gasteiger partial charge in [0.1, 0.15) is 0 Å². The monoisotopic (exact) mass is 358 g/mol. The van der Waals surface area contributed by atoms with Crippen molar-refractivity contribution in [2.24, 2.45) is 5.92 Å². The lowest BCUT2D eigenvalue weighted by molar-refractivity contribution is -0.384. The summed E-state index contributed by atoms with van der Waals surface area (Å²) in [4.78, 5) is 22.7. The Morgan fingerprint density at radius 1 is 1.19 bits per heavy atom. The van der Waals surface area contributed by atoms with Crippen LogP contribution in [0.5, 0.6) is 11.5 Å². The predicted molar refractivity (Wildman–Crippen MR) is 99.0 cm³/mol. The molecule has 0 unspecified atom stereocenters. The van der Waals surface area contributed by atoms with Crippen LogP contribution in [0, 0.1) is 16.0 Å². The van der Waals surface area contributed by atoms with Gasteiger partial charge in [0.05, 0.1) is 18.6 Å². The molecule has 2 aromatic carbocycles. The number of hydrogen-bond donors (Lipinski definition) is 1. The van der Waals surface area contributed by atoms with E-state index in [0.717, 1.165) is 6.42 Å². The lowest BCUT2D eigenvalue weighted by Crippen LogP contribution is -2.12. The van der Waals surface area contributed by atoms with Crippen LogP contribution in [0.15, 0.2) is 42.5 Å². The maximum atomic E-state index is 12.4. The first kappa shape index (κ1) is 19.2. The van der Waals surface area contributed by atoms with E-state index in [9.17, 15) is 14.9 Å². The summed E-state index contributed by atoms with van der Waals surface area (Å²) < 4.78 is 11.0. The van der Waals surface area contributed by atoms with Crippen molar-refractivity contribution in [1.82, 2.24) is 0 Å². The second-order valence-electron chi connectivity index (χ2n) is 6.16. The quantitative estimate of drug-likeness (QED) is 0.562. The number of hydrogen-bond acceptors (Lipinski definition) is 5. The number of nitrogens with zero attached hydrogens (tertiary/aromatic N) is 1. The Morgan fingerprint density at radius 2 is 1.96 bits per heavy atom. The maximum absolute atomic E-state index is 12.4. The van der Waals surface area contributed by atoms with Gasteiger partial charge in [0.15, 0.2) is 11.5 Å². The van der Waals surface area contributed by atoms with E-state index in [-0.39, 0.29) is 5.69 Å². The van der Waals surface area contributed by atoms with Crippen molar-refractivity contribution < 1.29 is 19.2 Å². The molecule has 0 aliphatic rings. The van der Waals surface area contributed by atoms with E-state index in [4.69, 9.17) is 9.47 Å². The SMILES string of the molecule is COc1cc(C(=O)Nc2cccc([N+](=O)[O-])c2)ccc1OCCC(C)C. The number of rotatable bonds is 8. The zero-order valence-corrected chi connectivity index (χ0v) is 15.0. The van der Waals surface area contributed by atoms with Gasteiger partial charge in [0.25, 0.3) is 11.6 Å². The Balaban J connectivity index is 2.11. The van der Waals surface area contributed by atoms with E-state index >= 15 is 0 Å². The molecule has 0 fully saturated rings. The fourth-order valence-corrected chi connectivity index (χ4v) is 2.23. The highest BCUT2D eigenvalue weighted by Gasteiger charge is 2.13. The summed E-state index contributed by atoms with van der Waals surface area (Å²) in [6.07, 6.45) is 0.915. The molecule has 2 aromatic rings. The largest absolute Gasteiger partial charge is 0.493 e. The van der Waals surface area contributed by atoms with Crippen LogP contribution in [0.1, 0.15) is 30.6 Å². The van der Waals surface area contributed by atoms with Crippen LogP contribution in [0.2, 0.25) is 0 Å². The number of nitro groups is 1. The molecule has 7 nitrogen and oxygen atoms in total. The van der Waals surface area contributed by atoms with Crippen molar-refractivity contribution in [2.45, 2.75) is 20.3 Å². The standard InChI is InChI=1S/C19H22N2O5/c1-13(2)9-10-26-17-8-7-14(11-18(17)25-3)19(22)20-15-5-4-6-16(12-15)21(23)24/h4-8,11-13H,9-10H2,1-3H3,(H,20,22). The maximum Gasteiger partial charge on any atom is 0.271 e. The zero-order chi connectivity index (χ0) is 19.1. The average Bonchev–Trinajstić information content (AvgIpc) is 2.61. The molecular weight excluding hydrogens is 336 g/mol. The van der Waals surface area contributed by atoms with E-state index in [1.807, 2.05) is 0 Å². The molecule has 0 aromatic heterocycles. The van der Waals surface area contributed by atoms with Gasteiger partial charge in [0.2, 0.25) is 0 Å². The first-order valence-corrected chi connectivity index (χ1v) is 8.27. The smallest absolute Gasteiger partial charge is 0.271 e. The fourth-order valence-electron chi connectivity index (χ4n) is 2.23. The van der Waals surface area contributed by atoms with Crippen LogP contribution in [0.3, 0.4) is 0 Å². The zero-order valence-electron chi connectivity index (χ0n) is 15.0. The Kier molecular flexibility index (Phi) is 6.54. The number of carbonyl (C=O) groups is 1. The van der Waals surface area contributed by atoms with Gasteiger partial charge >= 0.3 is 0 Å². The normalized spacial score (nSPS) is 10.5. The number of methoxy groups -OCH3 is 1. The number of ether oxygens (including phenoxy) is 2. The molecule has 1 amide bonds. The van der Waals surface area contributed by atoms with Crippen molar-refractivity contribution in [2.75, 3.05) is 19.0 Å². The van der Waals surface area contributed by atoms with Gasteiger partial charge in [-0.1, -0.05) is 19.9 Å². The lowest BCUT2D eigenvalue weighted by atomic mass is 10.1. The fraction of sp³-hybridized carbons (Fsp3) is 0.316. The van der Waals surface area contributed by atoms with E-state index in [1.54, 1.807) is 24.3 Å². The molecule has 26 heavy (non-hydrogen) atoms. The van der Waals surface area contributed by atoms with Crippen molar-refractivity contribution in [3.63, 3.8) is 0 Å². The minimum absolute atomic E-state index is 0.0886. The summed E-state index contributed by atoms with van der Waals surface area (Å²) in [6.45, 7) is 4.79. The third kappa shape index (κ3) is 5.20. The summed E-state index contributed by atoms with van der Waals surface area (Å²) >= 11 is 0. The minimum Gasteiger partial charge on any atom is -0.493 e. The van der Waals surface area contributed by atoms with Crippen LogP contribution >= 0.6 is 0 Å². The van der Waals surface area contributed by atoms with Crippen LogP contribution < -0.4 is 14.8 Å². The molecule has 0 atom stereocenters.